The van der Waals surface area contributed by atoms with Crippen LogP contribution in [-0.4, -0.2) is 79.0 Å². The Labute approximate surface area is 238 Å². The second-order valence-corrected chi connectivity index (χ2v) is 11.7. The molecule has 0 saturated carbocycles. The number of hydrogen-bond donors (Lipinski definition) is 1. The van der Waals surface area contributed by atoms with Crippen molar-refractivity contribution in [1.29, 1.82) is 0 Å². The number of nitrogens with zero attached hydrogens (tertiary/aromatic N) is 3. The highest BCUT2D eigenvalue weighted by Gasteiger charge is 2.37. The summed E-state index contributed by atoms with van der Waals surface area (Å²) in [5, 5.41) is 3.01. The molecule has 0 aromatic heterocycles. The number of hydrogen-bond acceptors (Lipinski definition) is 5. The van der Waals surface area contributed by atoms with Crippen molar-refractivity contribution < 1.29 is 19.1 Å². The zero-order valence-electron chi connectivity index (χ0n) is 24.6. The number of esters is 1. The lowest BCUT2D eigenvalue weighted by Gasteiger charge is -2.36. The Morgan fingerprint density at radius 2 is 1.65 bits per heavy atom. The van der Waals surface area contributed by atoms with E-state index in [2.05, 4.69) is 43.1 Å². The van der Waals surface area contributed by atoms with Gasteiger partial charge in [-0.05, 0) is 48.9 Å². The van der Waals surface area contributed by atoms with E-state index in [4.69, 9.17) is 4.74 Å². The minimum atomic E-state index is -0.613. The summed E-state index contributed by atoms with van der Waals surface area (Å²) in [6.07, 6.45) is 0.799. The van der Waals surface area contributed by atoms with Crippen molar-refractivity contribution >= 4 is 17.9 Å². The fourth-order valence-electron chi connectivity index (χ4n) is 5.25. The molecule has 0 bridgehead atoms. The van der Waals surface area contributed by atoms with E-state index in [1.54, 1.807) is 14.0 Å². The molecule has 0 spiro atoms. The second kappa shape index (κ2) is 12.3. The Morgan fingerprint density at radius 1 is 0.975 bits per heavy atom. The average molecular weight is 547 g/mol. The predicted molar refractivity (Wildman–Crippen MR) is 156 cm³/mol. The highest BCUT2D eigenvalue weighted by molar-refractivity contribution is 5.95. The topological polar surface area (TPSA) is 82.2 Å². The number of benzene rings is 2. The minimum Gasteiger partial charge on any atom is -0.463 e. The van der Waals surface area contributed by atoms with Gasteiger partial charge >= 0.3 is 12.0 Å². The van der Waals surface area contributed by atoms with Crippen LogP contribution in [0.4, 0.5) is 4.79 Å². The van der Waals surface area contributed by atoms with Crippen LogP contribution in [0.5, 0.6) is 0 Å². The van der Waals surface area contributed by atoms with Gasteiger partial charge < -0.3 is 15.0 Å². The molecule has 214 valence electrons. The van der Waals surface area contributed by atoms with Crippen LogP contribution in [-0.2, 0) is 14.9 Å². The summed E-state index contributed by atoms with van der Waals surface area (Å²) in [7, 11) is 1.69. The van der Waals surface area contributed by atoms with Gasteiger partial charge in [0, 0.05) is 51.0 Å². The lowest BCUT2D eigenvalue weighted by Crippen LogP contribution is -2.49. The van der Waals surface area contributed by atoms with Crippen molar-refractivity contribution in [3.63, 3.8) is 0 Å². The van der Waals surface area contributed by atoms with Crippen molar-refractivity contribution in [2.24, 2.45) is 0 Å². The first-order valence-corrected chi connectivity index (χ1v) is 14.1. The van der Waals surface area contributed by atoms with Gasteiger partial charge in [-0.25, -0.2) is 9.59 Å². The number of urea groups is 1. The molecule has 2 aromatic carbocycles. The molecule has 3 amide bonds. The maximum Gasteiger partial charge on any atom is 0.338 e. The molecule has 1 N–H and O–H groups in total. The van der Waals surface area contributed by atoms with E-state index < -0.39 is 12.0 Å². The monoisotopic (exact) mass is 546 g/mol. The van der Waals surface area contributed by atoms with E-state index in [1.165, 1.54) is 10.5 Å². The normalized spacial score (nSPS) is 18.9. The van der Waals surface area contributed by atoms with Crippen LogP contribution in [0.15, 0.2) is 59.8 Å². The number of nitrogens with one attached hydrogen (secondary N) is 1. The van der Waals surface area contributed by atoms with E-state index in [-0.39, 0.29) is 24.0 Å². The van der Waals surface area contributed by atoms with Gasteiger partial charge in [0.2, 0.25) is 0 Å². The largest absolute Gasteiger partial charge is 0.463 e. The summed E-state index contributed by atoms with van der Waals surface area (Å²) in [5.41, 5.74) is 4.88. The Bertz CT molecular complexity index is 1260. The maximum absolute atomic E-state index is 13.4. The number of rotatable bonds is 6. The van der Waals surface area contributed by atoms with Crippen LogP contribution in [0, 0.1) is 6.92 Å². The van der Waals surface area contributed by atoms with E-state index >= 15 is 0 Å². The molecule has 0 unspecified atom stereocenters. The zero-order chi connectivity index (χ0) is 29.0. The van der Waals surface area contributed by atoms with E-state index in [9.17, 15) is 14.4 Å². The molecule has 2 aliphatic rings. The van der Waals surface area contributed by atoms with Crippen molar-refractivity contribution in [3.05, 3.63) is 82.1 Å². The lowest BCUT2D eigenvalue weighted by molar-refractivity contribution is -0.139. The van der Waals surface area contributed by atoms with Crippen LogP contribution in [0.25, 0.3) is 0 Å². The summed E-state index contributed by atoms with van der Waals surface area (Å²) >= 11 is 0. The van der Waals surface area contributed by atoms with Gasteiger partial charge in [0.1, 0.15) is 0 Å². The Hall–Kier alpha value is -3.65. The molecule has 1 atom stereocenters. The SMILES string of the molecule is CCOC(=O)C1=C(CN2CCCN(C(=O)c3ccc(C)cc3)CC2)N(C)C(=O)N[C@@H]1c1ccc(C(C)(C)C)cc1. The smallest absolute Gasteiger partial charge is 0.338 e. The van der Waals surface area contributed by atoms with Gasteiger partial charge in [-0.3, -0.25) is 14.6 Å². The predicted octanol–water partition coefficient (Wildman–Crippen LogP) is 4.65. The standard InChI is InChI=1S/C32H42N4O4/c1-7-40-30(38)27-26(34(6)31(39)33-28(27)23-13-15-25(16-14-23)32(3,4)5)21-35-17-8-18-36(20-19-35)29(37)24-11-9-22(2)10-12-24/h9-16,28H,7-8,17-21H2,1-6H3,(H,33,39)/t28-/m1/s1. The zero-order valence-corrected chi connectivity index (χ0v) is 24.6. The summed E-state index contributed by atoms with van der Waals surface area (Å²) in [4.78, 5) is 45.3. The molecule has 8 nitrogen and oxygen atoms in total. The summed E-state index contributed by atoms with van der Waals surface area (Å²) < 4.78 is 5.50. The van der Waals surface area contributed by atoms with Crippen LogP contribution in [0.1, 0.15) is 67.2 Å². The molecular formula is C32H42N4O4. The van der Waals surface area contributed by atoms with Gasteiger partial charge in [-0.1, -0.05) is 62.7 Å². The van der Waals surface area contributed by atoms with E-state index in [0.717, 1.165) is 24.1 Å². The molecule has 0 aliphatic carbocycles. The first-order chi connectivity index (χ1) is 19.0. The number of ether oxygens (including phenoxy) is 1. The van der Waals surface area contributed by atoms with Crippen molar-refractivity contribution in [2.75, 3.05) is 46.4 Å². The van der Waals surface area contributed by atoms with Crippen LogP contribution < -0.4 is 5.32 Å². The van der Waals surface area contributed by atoms with Gasteiger partial charge in [0.25, 0.3) is 5.91 Å². The molecule has 4 rings (SSSR count). The molecule has 40 heavy (non-hydrogen) atoms. The second-order valence-electron chi connectivity index (χ2n) is 11.7. The Morgan fingerprint density at radius 3 is 2.27 bits per heavy atom. The highest BCUT2D eigenvalue weighted by atomic mass is 16.5. The van der Waals surface area contributed by atoms with Crippen molar-refractivity contribution in [1.82, 2.24) is 20.0 Å². The number of amides is 3. The third-order valence-electron chi connectivity index (χ3n) is 7.73. The van der Waals surface area contributed by atoms with Gasteiger partial charge in [0.15, 0.2) is 0 Å². The molecular weight excluding hydrogens is 504 g/mol. The van der Waals surface area contributed by atoms with Crippen LogP contribution >= 0.6 is 0 Å². The van der Waals surface area contributed by atoms with Gasteiger partial charge in [-0.15, -0.1) is 0 Å². The average Bonchev–Trinajstić information content (AvgIpc) is 3.16. The fraction of sp³-hybridized carbons (Fsp3) is 0.469. The van der Waals surface area contributed by atoms with Crippen LogP contribution in [0.2, 0.25) is 0 Å². The highest BCUT2D eigenvalue weighted by Crippen LogP contribution is 2.33. The third-order valence-corrected chi connectivity index (χ3v) is 7.73. The first kappa shape index (κ1) is 29.3. The molecule has 1 saturated heterocycles. The molecule has 1 fully saturated rings. The summed E-state index contributed by atoms with van der Waals surface area (Å²) in [6, 6.07) is 14.9. The quantitative estimate of drug-likeness (QED) is 0.534. The molecule has 2 heterocycles. The number of aryl methyl sites for hydroxylation is 1. The first-order valence-electron chi connectivity index (χ1n) is 14.1. The number of carbonyl (C=O) groups is 3. The summed E-state index contributed by atoms with van der Waals surface area (Å²) in [5.74, 6) is -0.401. The lowest BCUT2D eigenvalue weighted by atomic mass is 9.85. The maximum atomic E-state index is 13.4. The van der Waals surface area contributed by atoms with Crippen molar-refractivity contribution in [2.45, 2.75) is 52.5 Å². The van der Waals surface area contributed by atoms with Gasteiger partial charge in [-0.2, -0.15) is 0 Å². The molecule has 2 aliphatic heterocycles. The van der Waals surface area contributed by atoms with Crippen molar-refractivity contribution in [3.8, 4) is 0 Å². The third kappa shape index (κ3) is 6.55. The number of likely N-dealkylation sites (N-methyl/N-ethyl adjacent to an activating group) is 1. The molecule has 2 aromatic rings. The van der Waals surface area contributed by atoms with Crippen LogP contribution in [0.3, 0.4) is 0 Å². The minimum absolute atomic E-state index is 0.0129. The molecule has 8 heteroatoms. The van der Waals surface area contributed by atoms with E-state index in [0.29, 0.717) is 43.0 Å². The number of carbonyl (C=O) groups excluding carboxylic acids is 3. The Kier molecular flexibility index (Phi) is 8.98. The van der Waals surface area contributed by atoms with Gasteiger partial charge in [0.05, 0.1) is 18.2 Å². The fourth-order valence-corrected chi connectivity index (χ4v) is 5.25. The Balaban J connectivity index is 1.60. The van der Waals surface area contributed by atoms with E-state index in [1.807, 2.05) is 48.2 Å². The summed E-state index contributed by atoms with van der Waals surface area (Å²) in [6.45, 7) is 13.5. The molecule has 0 radical (unpaired) electrons.